The summed E-state index contributed by atoms with van der Waals surface area (Å²) in [5, 5.41) is 2.18. The van der Waals surface area contributed by atoms with E-state index < -0.39 is 0 Å². The second-order valence-electron chi connectivity index (χ2n) is 18.9. The van der Waals surface area contributed by atoms with Crippen molar-refractivity contribution in [1.29, 1.82) is 0 Å². The molecule has 0 aliphatic carbocycles. The van der Waals surface area contributed by atoms with Crippen LogP contribution in [0.2, 0.25) is 0 Å². The lowest BCUT2D eigenvalue weighted by molar-refractivity contribution is 0.173. The van der Waals surface area contributed by atoms with Gasteiger partial charge in [-0.2, -0.15) is 0 Å². The predicted octanol–water partition coefficient (Wildman–Crippen LogP) is 10.6. The van der Waals surface area contributed by atoms with Crippen LogP contribution in [0.25, 0.3) is 21.9 Å². The molecule has 286 valence electrons. The minimum atomic E-state index is -0.225. The third-order valence-electron chi connectivity index (χ3n) is 12.1. The van der Waals surface area contributed by atoms with Crippen molar-refractivity contribution in [2.24, 2.45) is 0 Å². The predicted molar refractivity (Wildman–Crippen MR) is 228 cm³/mol. The van der Waals surface area contributed by atoms with Gasteiger partial charge in [0.1, 0.15) is 11.2 Å². The van der Waals surface area contributed by atoms with Crippen LogP contribution in [-0.4, -0.2) is 20.3 Å². The molecule has 9 heteroatoms. The second kappa shape index (κ2) is 11.3. The van der Waals surface area contributed by atoms with E-state index in [-0.39, 0.29) is 36.5 Å². The number of nitrogens with zero attached hydrogens (tertiary/aromatic N) is 2. The molecule has 0 unspecified atom stereocenters. The molecule has 57 heavy (non-hydrogen) atoms. The molecule has 0 saturated carbocycles. The van der Waals surface area contributed by atoms with E-state index in [4.69, 9.17) is 27.8 Å². The molecule has 0 radical (unpaired) electrons. The second-order valence-corrected chi connectivity index (χ2v) is 18.9. The van der Waals surface area contributed by atoms with Crippen LogP contribution in [-0.2, 0) is 16.2 Å². The summed E-state index contributed by atoms with van der Waals surface area (Å²) in [7, 11) is 0. The molecule has 0 N–H and O–H groups in total. The summed E-state index contributed by atoms with van der Waals surface area (Å²) in [5.41, 5.74) is 12.3. The van der Waals surface area contributed by atoms with Crippen molar-refractivity contribution in [3.05, 3.63) is 102 Å². The number of rotatable bonds is 2. The molecule has 5 aromatic carbocycles. The van der Waals surface area contributed by atoms with Crippen molar-refractivity contribution < 1.29 is 27.8 Å². The first kappa shape index (κ1) is 34.3. The first-order valence-corrected chi connectivity index (χ1v) is 19.9. The SMILES string of the molecule is CC(C)(C)c1cc2c3c(c1)N(c1ccc4c(c1)OCO4)c1oc4ccc(C(C)(C)C)cc4c1B3c1c(oc3ccc(C(C)(C)C)cc13)N2c1ccc2c(c1)OCO2. The molecule has 4 aliphatic rings. The quantitative estimate of drug-likeness (QED) is 0.162. The molecule has 6 heterocycles. The van der Waals surface area contributed by atoms with Crippen LogP contribution < -0.4 is 45.1 Å². The Kier molecular flexibility index (Phi) is 6.82. The summed E-state index contributed by atoms with van der Waals surface area (Å²) in [5.74, 6) is 4.46. The Labute approximate surface area is 332 Å². The van der Waals surface area contributed by atoms with Crippen molar-refractivity contribution >= 4 is 79.6 Å². The van der Waals surface area contributed by atoms with Crippen LogP contribution in [0, 0.1) is 0 Å². The normalized spacial score (nSPS) is 15.4. The number of furan rings is 2. The summed E-state index contributed by atoms with van der Waals surface area (Å²) in [6.07, 6.45) is 0. The smallest absolute Gasteiger partial charge is 0.262 e. The van der Waals surface area contributed by atoms with Crippen LogP contribution in [0.3, 0.4) is 0 Å². The number of anilines is 6. The van der Waals surface area contributed by atoms with Gasteiger partial charge in [0.2, 0.25) is 25.4 Å². The Morgan fingerprint density at radius 3 is 1.28 bits per heavy atom. The van der Waals surface area contributed by atoms with E-state index in [1.165, 1.54) is 22.2 Å². The third kappa shape index (κ3) is 5.00. The largest absolute Gasteiger partial charge is 0.454 e. The molecule has 0 atom stereocenters. The maximum Gasteiger partial charge on any atom is 0.262 e. The molecular formula is C48H45BN2O6. The number of fused-ring (bicyclic) bond motifs is 10. The lowest BCUT2D eigenvalue weighted by Crippen LogP contribution is -2.61. The van der Waals surface area contributed by atoms with E-state index in [1.807, 2.05) is 12.1 Å². The maximum absolute atomic E-state index is 7.15. The van der Waals surface area contributed by atoms with Gasteiger partial charge in [0.25, 0.3) is 6.71 Å². The molecule has 2 aromatic heterocycles. The van der Waals surface area contributed by atoms with Crippen LogP contribution in [0.1, 0.15) is 79.0 Å². The Morgan fingerprint density at radius 1 is 0.439 bits per heavy atom. The minimum absolute atomic E-state index is 0.0769. The van der Waals surface area contributed by atoms with Crippen molar-refractivity contribution in [3.63, 3.8) is 0 Å². The van der Waals surface area contributed by atoms with Gasteiger partial charge in [-0.25, -0.2) is 0 Å². The molecule has 7 aromatic rings. The Hall–Kier alpha value is -5.96. The molecule has 8 nitrogen and oxygen atoms in total. The van der Waals surface area contributed by atoms with Crippen molar-refractivity contribution in [2.45, 2.75) is 78.6 Å². The molecular weight excluding hydrogens is 711 g/mol. The molecule has 4 aliphatic heterocycles. The lowest BCUT2D eigenvalue weighted by atomic mass is 9.33. The third-order valence-corrected chi connectivity index (χ3v) is 12.1. The fourth-order valence-electron chi connectivity index (χ4n) is 8.97. The first-order valence-electron chi connectivity index (χ1n) is 19.9. The summed E-state index contributed by atoms with van der Waals surface area (Å²) < 4.78 is 37.9. The van der Waals surface area contributed by atoms with E-state index in [0.717, 1.165) is 78.9 Å². The van der Waals surface area contributed by atoms with E-state index >= 15 is 0 Å². The molecule has 0 fully saturated rings. The Morgan fingerprint density at radius 2 is 0.860 bits per heavy atom. The zero-order valence-electron chi connectivity index (χ0n) is 33.9. The van der Waals surface area contributed by atoms with E-state index in [2.05, 4.69) is 145 Å². The number of hydrogen-bond acceptors (Lipinski definition) is 8. The first-order chi connectivity index (χ1) is 27.1. The molecule has 0 bridgehead atoms. The van der Waals surface area contributed by atoms with Crippen LogP contribution in [0.5, 0.6) is 23.0 Å². The van der Waals surface area contributed by atoms with Gasteiger partial charge in [-0.05, 0) is 99.1 Å². The van der Waals surface area contributed by atoms with Gasteiger partial charge >= 0.3 is 0 Å². The number of hydrogen-bond donors (Lipinski definition) is 0. The highest BCUT2D eigenvalue weighted by atomic mass is 16.7. The Bertz CT molecular complexity index is 2670. The fourth-order valence-corrected chi connectivity index (χ4v) is 8.97. The Balaban J connectivity index is 1.31. The van der Waals surface area contributed by atoms with Crippen molar-refractivity contribution in [2.75, 3.05) is 23.4 Å². The minimum Gasteiger partial charge on any atom is -0.454 e. The molecule has 0 amide bonds. The van der Waals surface area contributed by atoms with Gasteiger partial charge in [0.05, 0.1) is 11.4 Å². The van der Waals surface area contributed by atoms with Crippen LogP contribution in [0.4, 0.5) is 34.5 Å². The molecule has 11 rings (SSSR count). The monoisotopic (exact) mass is 756 g/mol. The average molecular weight is 757 g/mol. The highest BCUT2D eigenvalue weighted by molar-refractivity contribution is 7.02. The van der Waals surface area contributed by atoms with E-state index in [0.29, 0.717) is 11.5 Å². The van der Waals surface area contributed by atoms with Gasteiger partial charge in [-0.3, -0.25) is 9.80 Å². The highest BCUT2D eigenvalue weighted by Crippen LogP contribution is 2.51. The van der Waals surface area contributed by atoms with E-state index in [9.17, 15) is 0 Å². The summed E-state index contributed by atoms with van der Waals surface area (Å²) >= 11 is 0. The summed E-state index contributed by atoms with van der Waals surface area (Å²) in [6.45, 7) is 20.5. The molecule has 0 saturated heterocycles. The lowest BCUT2D eigenvalue weighted by Gasteiger charge is -2.41. The zero-order valence-corrected chi connectivity index (χ0v) is 33.9. The topological polar surface area (TPSA) is 69.7 Å². The highest BCUT2D eigenvalue weighted by Gasteiger charge is 2.49. The average Bonchev–Trinajstić information content (AvgIpc) is 3.97. The van der Waals surface area contributed by atoms with Crippen molar-refractivity contribution in [1.82, 2.24) is 0 Å². The fraction of sp³-hybridized carbons (Fsp3) is 0.292. The van der Waals surface area contributed by atoms with Crippen LogP contribution in [0.15, 0.2) is 93.8 Å². The maximum atomic E-state index is 7.15. The number of ether oxygens (including phenoxy) is 4. The van der Waals surface area contributed by atoms with Gasteiger partial charge in [0, 0.05) is 45.2 Å². The van der Waals surface area contributed by atoms with Gasteiger partial charge in [-0.1, -0.05) is 74.4 Å². The summed E-state index contributed by atoms with van der Waals surface area (Å²) in [6, 6.07) is 30.5. The van der Waals surface area contributed by atoms with Crippen LogP contribution >= 0.6 is 0 Å². The zero-order chi connectivity index (χ0) is 39.3. The van der Waals surface area contributed by atoms with E-state index in [1.54, 1.807) is 0 Å². The number of benzene rings is 5. The van der Waals surface area contributed by atoms with Gasteiger partial charge in [-0.15, -0.1) is 0 Å². The summed E-state index contributed by atoms with van der Waals surface area (Å²) in [4.78, 5) is 4.59. The standard InChI is InChI=1S/C48H45BN2O6/c1-46(2,3)26-10-14-35-31(18-26)41-44(56-35)50(29-12-16-37-39(22-29)54-24-52-37)33-20-28(48(7,8)9)21-34-43(33)49(41)42-32-19-27(47(4,5)6)11-15-36(32)57-45(42)51(34)30-13-17-38-40(23-30)55-25-53-38/h10-23H,24-25H2,1-9H3. The van der Waals surface area contributed by atoms with Gasteiger partial charge < -0.3 is 27.8 Å². The van der Waals surface area contributed by atoms with Crippen molar-refractivity contribution in [3.8, 4) is 23.0 Å². The molecule has 0 spiro atoms. The van der Waals surface area contributed by atoms with Gasteiger partial charge in [0.15, 0.2) is 23.0 Å².